The molecule has 0 saturated carbocycles. The van der Waals surface area contributed by atoms with E-state index < -0.39 is 6.04 Å². The molecule has 124 valence electrons. The number of amides is 2. The minimum absolute atomic E-state index is 0.00345. The highest BCUT2D eigenvalue weighted by atomic mass is 16.2. The lowest BCUT2D eigenvalue weighted by Gasteiger charge is -2.18. The molecule has 2 aromatic carbocycles. The number of fused-ring (bicyclic) bond motifs is 1. The van der Waals surface area contributed by atoms with Gasteiger partial charge in [-0.25, -0.2) is 0 Å². The highest BCUT2D eigenvalue weighted by molar-refractivity contribution is 5.99. The lowest BCUT2D eigenvalue weighted by molar-refractivity contribution is -0.123. The van der Waals surface area contributed by atoms with Gasteiger partial charge in [-0.3, -0.25) is 9.59 Å². The molecule has 3 rings (SSSR count). The minimum atomic E-state index is -0.590. The van der Waals surface area contributed by atoms with Crippen molar-refractivity contribution in [3.8, 4) is 0 Å². The van der Waals surface area contributed by atoms with E-state index in [0.717, 1.165) is 22.4 Å². The van der Waals surface area contributed by atoms with Gasteiger partial charge in [0.05, 0.1) is 18.5 Å². The molecular weight excluding hydrogens is 302 g/mol. The summed E-state index contributed by atoms with van der Waals surface area (Å²) in [5.41, 5.74) is 9.83. The van der Waals surface area contributed by atoms with Crippen molar-refractivity contribution in [1.82, 2.24) is 5.32 Å². The molecule has 0 fully saturated rings. The smallest absolute Gasteiger partial charge is 0.237 e. The zero-order valence-electron chi connectivity index (χ0n) is 13.6. The Morgan fingerprint density at radius 2 is 2.00 bits per heavy atom. The maximum Gasteiger partial charge on any atom is 0.237 e. The monoisotopic (exact) mass is 323 g/mol. The van der Waals surface area contributed by atoms with Gasteiger partial charge in [-0.2, -0.15) is 0 Å². The first kappa shape index (κ1) is 16.2. The molecule has 0 aromatic heterocycles. The number of benzene rings is 2. The lowest BCUT2D eigenvalue weighted by atomic mass is 10.0. The highest BCUT2D eigenvalue weighted by Gasteiger charge is 2.21. The number of nitrogens with one attached hydrogen (secondary N) is 2. The topological polar surface area (TPSA) is 84.2 Å². The highest BCUT2D eigenvalue weighted by Crippen LogP contribution is 2.26. The van der Waals surface area contributed by atoms with E-state index in [1.54, 1.807) is 0 Å². The van der Waals surface area contributed by atoms with E-state index in [9.17, 15) is 9.59 Å². The van der Waals surface area contributed by atoms with E-state index in [-0.39, 0.29) is 17.9 Å². The molecule has 1 heterocycles. The standard InChI is InChI=1S/C19H21N3O2/c1-12(14-7-8-17-15(10-14)11-18(23)22-17)21-19(24)16(20)9-13-5-3-2-4-6-13/h2-8,10,12,16H,9,11,20H2,1H3,(H,21,24)(H,22,23)/t12?,16-/m0/s1. The van der Waals surface area contributed by atoms with Crippen molar-refractivity contribution < 1.29 is 9.59 Å². The molecule has 0 spiro atoms. The SMILES string of the molecule is CC(NC(=O)[C@@H](N)Cc1ccccc1)c1ccc2c(c1)CC(=O)N2. The molecule has 0 radical (unpaired) electrons. The van der Waals surface area contributed by atoms with Crippen molar-refractivity contribution in [2.45, 2.75) is 31.8 Å². The van der Waals surface area contributed by atoms with Crippen LogP contribution >= 0.6 is 0 Å². The predicted octanol–water partition coefficient (Wildman–Crippen LogP) is 1.93. The van der Waals surface area contributed by atoms with Crippen LogP contribution in [-0.2, 0) is 22.4 Å². The fourth-order valence-corrected chi connectivity index (χ4v) is 2.88. The molecule has 0 bridgehead atoms. The summed E-state index contributed by atoms with van der Waals surface area (Å²) in [4.78, 5) is 23.7. The summed E-state index contributed by atoms with van der Waals surface area (Å²) in [7, 11) is 0. The molecule has 2 amide bonds. The number of nitrogens with two attached hydrogens (primary N) is 1. The summed E-state index contributed by atoms with van der Waals surface area (Å²) in [6.45, 7) is 1.92. The van der Waals surface area contributed by atoms with Crippen LogP contribution in [0.2, 0.25) is 0 Å². The van der Waals surface area contributed by atoms with Crippen LogP contribution in [-0.4, -0.2) is 17.9 Å². The van der Waals surface area contributed by atoms with Crippen molar-refractivity contribution in [2.24, 2.45) is 5.73 Å². The first-order chi connectivity index (χ1) is 11.5. The number of carbonyl (C=O) groups excluding carboxylic acids is 2. The number of rotatable bonds is 5. The van der Waals surface area contributed by atoms with Gasteiger partial charge in [-0.05, 0) is 36.1 Å². The van der Waals surface area contributed by atoms with E-state index in [1.807, 2.05) is 55.5 Å². The van der Waals surface area contributed by atoms with E-state index in [2.05, 4.69) is 10.6 Å². The summed E-state index contributed by atoms with van der Waals surface area (Å²) < 4.78 is 0. The van der Waals surface area contributed by atoms with Gasteiger partial charge in [0.25, 0.3) is 0 Å². The van der Waals surface area contributed by atoms with Crippen LogP contribution in [0.25, 0.3) is 0 Å². The second-order valence-electron chi connectivity index (χ2n) is 6.17. The number of carbonyl (C=O) groups is 2. The van der Waals surface area contributed by atoms with Crippen LogP contribution in [0, 0.1) is 0 Å². The molecule has 4 N–H and O–H groups in total. The van der Waals surface area contributed by atoms with Crippen LogP contribution in [0.3, 0.4) is 0 Å². The molecule has 5 heteroatoms. The Labute approximate surface area is 141 Å². The van der Waals surface area contributed by atoms with Crippen LogP contribution < -0.4 is 16.4 Å². The normalized spacial score (nSPS) is 15.3. The van der Waals surface area contributed by atoms with E-state index in [4.69, 9.17) is 5.73 Å². The summed E-state index contributed by atoms with van der Waals surface area (Å²) in [6.07, 6.45) is 0.888. The second-order valence-corrected chi connectivity index (χ2v) is 6.17. The third-order valence-electron chi connectivity index (χ3n) is 4.25. The van der Waals surface area contributed by atoms with E-state index >= 15 is 0 Å². The van der Waals surface area contributed by atoms with Gasteiger partial charge in [0.1, 0.15) is 0 Å². The van der Waals surface area contributed by atoms with Crippen LogP contribution in [0.15, 0.2) is 48.5 Å². The third-order valence-corrected chi connectivity index (χ3v) is 4.25. The zero-order chi connectivity index (χ0) is 17.1. The van der Waals surface area contributed by atoms with Crippen molar-refractivity contribution in [3.63, 3.8) is 0 Å². The first-order valence-electron chi connectivity index (χ1n) is 8.05. The first-order valence-corrected chi connectivity index (χ1v) is 8.05. The van der Waals surface area contributed by atoms with Crippen LogP contribution in [0.4, 0.5) is 5.69 Å². The average molecular weight is 323 g/mol. The summed E-state index contributed by atoms with van der Waals surface area (Å²) in [6, 6.07) is 14.7. The Kier molecular flexibility index (Phi) is 4.62. The summed E-state index contributed by atoms with van der Waals surface area (Å²) in [5.74, 6) is -0.176. The Morgan fingerprint density at radius 1 is 1.25 bits per heavy atom. The fourth-order valence-electron chi connectivity index (χ4n) is 2.88. The van der Waals surface area contributed by atoms with Crippen LogP contribution in [0.1, 0.15) is 29.7 Å². The van der Waals surface area contributed by atoms with E-state index in [0.29, 0.717) is 12.8 Å². The maximum atomic E-state index is 12.3. The molecule has 1 aliphatic rings. The van der Waals surface area contributed by atoms with Crippen molar-refractivity contribution in [2.75, 3.05) is 5.32 Å². The van der Waals surface area contributed by atoms with Crippen molar-refractivity contribution >= 4 is 17.5 Å². The number of hydrogen-bond donors (Lipinski definition) is 3. The molecule has 24 heavy (non-hydrogen) atoms. The van der Waals surface area contributed by atoms with Crippen molar-refractivity contribution in [1.29, 1.82) is 0 Å². The quantitative estimate of drug-likeness (QED) is 0.786. The average Bonchev–Trinajstić information content (AvgIpc) is 2.94. The zero-order valence-corrected chi connectivity index (χ0v) is 13.6. The number of anilines is 1. The summed E-state index contributed by atoms with van der Waals surface area (Å²) >= 11 is 0. The molecule has 0 saturated heterocycles. The minimum Gasteiger partial charge on any atom is -0.348 e. The van der Waals surface area contributed by atoms with Gasteiger partial charge >= 0.3 is 0 Å². The Morgan fingerprint density at radius 3 is 2.75 bits per heavy atom. The second kappa shape index (κ2) is 6.84. The molecule has 5 nitrogen and oxygen atoms in total. The van der Waals surface area contributed by atoms with Gasteiger partial charge in [0, 0.05) is 5.69 Å². The van der Waals surface area contributed by atoms with Gasteiger partial charge < -0.3 is 16.4 Å². The lowest BCUT2D eigenvalue weighted by Crippen LogP contribution is -2.42. The molecule has 1 aliphatic heterocycles. The van der Waals surface area contributed by atoms with Gasteiger partial charge in [-0.1, -0.05) is 42.5 Å². The Hall–Kier alpha value is -2.66. The largest absolute Gasteiger partial charge is 0.348 e. The number of hydrogen-bond acceptors (Lipinski definition) is 3. The summed E-state index contributed by atoms with van der Waals surface area (Å²) in [5, 5.41) is 5.75. The van der Waals surface area contributed by atoms with Gasteiger partial charge in [0.15, 0.2) is 0 Å². The maximum absolute atomic E-state index is 12.3. The third kappa shape index (κ3) is 3.63. The van der Waals surface area contributed by atoms with E-state index in [1.165, 1.54) is 0 Å². The molecule has 0 aliphatic carbocycles. The molecule has 2 aromatic rings. The predicted molar refractivity (Wildman–Crippen MR) is 93.5 cm³/mol. The molecule has 2 atom stereocenters. The molecular formula is C19H21N3O2. The van der Waals surface area contributed by atoms with Crippen molar-refractivity contribution in [3.05, 3.63) is 65.2 Å². The fraction of sp³-hybridized carbons (Fsp3) is 0.263. The Bertz CT molecular complexity index is 758. The Balaban J connectivity index is 1.62. The van der Waals surface area contributed by atoms with Gasteiger partial charge in [-0.15, -0.1) is 0 Å². The molecule has 1 unspecified atom stereocenters. The van der Waals surface area contributed by atoms with Crippen LogP contribution in [0.5, 0.6) is 0 Å². The van der Waals surface area contributed by atoms with Gasteiger partial charge in [0.2, 0.25) is 11.8 Å².